The number of aliphatic hydroxyl groups is 1. The molecule has 0 aliphatic rings. The van der Waals surface area contributed by atoms with Crippen molar-refractivity contribution in [3.05, 3.63) is 35.6 Å². The number of rotatable bonds is 2. The normalized spacial score (nSPS) is 13.0. The van der Waals surface area contributed by atoms with Crippen LogP contribution in [0.4, 0.5) is 4.39 Å². The largest absolute Gasteiger partial charge is 0.394 e. The van der Waals surface area contributed by atoms with Gasteiger partial charge in [-0.25, -0.2) is 4.39 Å². The maximum absolute atomic E-state index is 12.4. The van der Waals surface area contributed by atoms with E-state index in [2.05, 4.69) is 0 Å². The molecule has 11 heavy (non-hydrogen) atoms. The van der Waals surface area contributed by atoms with Gasteiger partial charge in [0.15, 0.2) is 0 Å². The molecule has 0 amide bonds. The Balaban J connectivity index is 2.81. The predicted octanol–water partition coefficient (Wildman–Crippen LogP) is 0.818. The Labute approximate surface area is 64.5 Å². The average Bonchev–Trinajstić information content (AvgIpc) is 2.05. The molecule has 3 N–H and O–H groups in total. The van der Waals surface area contributed by atoms with E-state index in [1.54, 1.807) is 12.1 Å². The van der Waals surface area contributed by atoms with E-state index in [4.69, 9.17) is 10.8 Å². The molecule has 3 heteroatoms. The minimum atomic E-state index is -0.407. The van der Waals surface area contributed by atoms with Gasteiger partial charge < -0.3 is 10.8 Å². The van der Waals surface area contributed by atoms with Gasteiger partial charge in [-0.15, -0.1) is 0 Å². The predicted molar refractivity (Wildman–Crippen MR) is 40.4 cm³/mol. The fourth-order valence-corrected chi connectivity index (χ4v) is 0.815. The lowest BCUT2D eigenvalue weighted by atomic mass is 10.1. The first-order valence-electron chi connectivity index (χ1n) is 3.36. The third-order valence-corrected chi connectivity index (χ3v) is 1.49. The molecule has 0 fully saturated rings. The number of halogens is 1. The van der Waals surface area contributed by atoms with Gasteiger partial charge >= 0.3 is 0 Å². The van der Waals surface area contributed by atoms with E-state index < -0.39 is 6.04 Å². The number of hydrogen-bond donors (Lipinski definition) is 2. The van der Waals surface area contributed by atoms with Crippen LogP contribution >= 0.6 is 0 Å². The van der Waals surface area contributed by atoms with Crippen molar-refractivity contribution in [3.8, 4) is 0 Å². The van der Waals surface area contributed by atoms with Gasteiger partial charge in [-0.2, -0.15) is 0 Å². The summed E-state index contributed by atoms with van der Waals surface area (Å²) in [6.07, 6.45) is 0. The number of aliphatic hydroxyl groups excluding tert-OH is 1. The summed E-state index contributed by atoms with van der Waals surface area (Å²) in [7, 11) is 0. The average molecular weight is 155 g/mol. The summed E-state index contributed by atoms with van der Waals surface area (Å²) < 4.78 is 12.4. The highest BCUT2D eigenvalue weighted by atomic mass is 19.1. The molecule has 0 spiro atoms. The van der Waals surface area contributed by atoms with Crippen molar-refractivity contribution in [3.63, 3.8) is 0 Å². The number of hydrogen-bond acceptors (Lipinski definition) is 2. The standard InChI is InChI=1S/C8H10FNO/c9-7-3-1-6(2-4-7)8(10)5-11/h1-4,8,11H,5,10H2. The Kier molecular flexibility index (Phi) is 2.57. The lowest BCUT2D eigenvalue weighted by Crippen LogP contribution is -2.14. The molecule has 1 unspecified atom stereocenters. The summed E-state index contributed by atoms with van der Waals surface area (Å²) in [5, 5.41) is 8.64. The van der Waals surface area contributed by atoms with Crippen molar-refractivity contribution in [1.82, 2.24) is 0 Å². The van der Waals surface area contributed by atoms with E-state index in [0.717, 1.165) is 5.56 Å². The first kappa shape index (κ1) is 8.17. The van der Waals surface area contributed by atoms with Gasteiger partial charge in [0.05, 0.1) is 12.6 Å². The zero-order valence-corrected chi connectivity index (χ0v) is 6.00. The third-order valence-electron chi connectivity index (χ3n) is 1.49. The van der Waals surface area contributed by atoms with Crippen molar-refractivity contribution in [2.24, 2.45) is 5.73 Å². The van der Waals surface area contributed by atoms with Gasteiger partial charge in [0.2, 0.25) is 0 Å². The zero-order chi connectivity index (χ0) is 8.27. The molecule has 1 rings (SSSR count). The summed E-state index contributed by atoms with van der Waals surface area (Å²) >= 11 is 0. The highest BCUT2D eigenvalue weighted by Gasteiger charge is 2.02. The first-order valence-corrected chi connectivity index (χ1v) is 3.36. The second kappa shape index (κ2) is 3.46. The molecular weight excluding hydrogens is 145 g/mol. The molecule has 0 saturated carbocycles. The molecule has 60 valence electrons. The van der Waals surface area contributed by atoms with Crippen molar-refractivity contribution in [2.45, 2.75) is 6.04 Å². The smallest absolute Gasteiger partial charge is 0.123 e. The van der Waals surface area contributed by atoms with Gasteiger partial charge in [0.1, 0.15) is 5.82 Å². The van der Waals surface area contributed by atoms with Crippen LogP contribution in [0.15, 0.2) is 24.3 Å². The quantitative estimate of drug-likeness (QED) is 0.664. The maximum Gasteiger partial charge on any atom is 0.123 e. The van der Waals surface area contributed by atoms with Gasteiger partial charge in [0, 0.05) is 0 Å². The number of benzene rings is 1. The van der Waals surface area contributed by atoms with Crippen molar-refractivity contribution in [1.29, 1.82) is 0 Å². The number of nitrogens with two attached hydrogens (primary N) is 1. The van der Waals surface area contributed by atoms with Gasteiger partial charge in [-0.05, 0) is 17.7 Å². The zero-order valence-electron chi connectivity index (χ0n) is 6.00. The van der Waals surface area contributed by atoms with Crippen LogP contribution in [0.25, 0.3) is 0 Å². The van der Waals surface area contributed by atoms with Crippen LogP contribution in [0.1, 0.15) is 11.6 Å². The maximum atomic E-state index is 12.4. The Morgan fingerprint density at radius 2 is 1.91 bits per heavy atom. The van der Waals surface area contributed by atoms with E-state index in [9.17, 15) is 4.39 Å². The van der Waals surface area contributed by atoms with Crippen LogP contribution in [0.2, 0.25) is 0 Å². The third kappa shape index (κ3) is 2.00. The summed E-state index contributed by atoms with van der Waals surface area (Å²) in [4.78, 5) is 0. The molecule has 1 atom stereocenters. The SMILES string of the molecule is NC(CO)c1ccc(F)cc1. The fourth-order valence-electron chi connectivity index (χ4n) is 0.815. The van der Waals surface area contributed by atoms with Crippen molar-refractivity contribution >= 4 is 0 Å². The van der Waals surface area contributed by atoms with Crippen LogP contribution < -0.4 is 5.73 Å². The van der Waals surface area contributed by atoms with Crippen molar-refractivity contribution in [2.75, 3.05) is 6.61 Å². The van der Waals surface area contributed by atoms with Crippen LogP contribution in [-0.2, 0) is 0 Å². The summed E-state index contributed by atoms with van der Waals surface area (Å²) in [6.45, 7) is -0.119. The Morgan fingerprint density at radius 1 is 1.36 bits per heavy atom. The molecule has 0 bridgehead atoms. The second-order valence-corrected chi connectivity index (χ2v) is 2.34. The Hall–Kier alpha value is -0.930. The molecule has 0 radical (unpaired) electrons. The Bertz CT molecular complexity index is 222. The lowest BCUT2D eigenvalue weighted by molar-refractivity contribution is 0.268. The van der Waals surface area contributed by atoms with Crippen LogP contribution in [0.3, 0.4) is 0 Å². The second-order valence-electron chi connectivity index (χ2n) is 2.34. The summed E-state index contributed by atoms with van der Waals surface area (Å²) in [5.74, 6) is -0.293. The monoisotopic (exact) mass is 155 g/mol. The van der Waals surface area contributed by atoms with Gasteiger partial charge in [-0.3, -0.25) is 0 Å². The molecule has 0 heterocycles. The van der Waals surface area contributed by atoms with Crippen LogP contribution in [0.5, 0.6) is 0 Å². The molecule has 2 nitrogen and oxygen atoms in total. The fraction of sp³-hybridized carbons (Fsp3) is 0.250. The lowest BCUT2D eigenvalue weighted by Gasteiger charge is -2.06. The first-order chi connectivity index (χ1) is 5.24. The van der Waals surface area contributed by atoms with Gasteiger partial charge in [-0.1, -0.05) is 12.1 Å². The van der Waals surface area contributed by atoms with E-state index in [-0.39, 0.29) is 12.4 Å². The summed E-state index contributed by atoms with van der Waals surface area (Å²) in [5.41, 5.74) is 6.22. The Morgan fingerprint density at radius 3 is 2.36 bits per heavy atom. The van der Waals surface area contributed by atoms with E-state index in [1.165, 1.54) is 12.1 Å². The highest BCUT2D eigenvalue weighted by molar-refractivity contribution is 5.19. The van der Waals surface area contributed by atoms with E-state index >= 15 is 0 Å². The molecule has 0 saturated heterocycles. The molecule has 0 aliphatic heterocycles. The van der Waals surface area contributed by atoms with E-state index in [1.807, 2.05) is 0 Å². The minimum absolute atomic E-state index is 0.119. The molecule has 1 aromatic rings. The molecule has 0 aromatic heterocycles. The van der Waals surface area contributed by atoms with Crippen LogP contribution in [-0.4, -0.2) is 11.7 Å². The van der Waals surface area contributed by atoms with Crippen molar-refractivity contribution < 1.29 is 9.50 Å². The minimum Gasteiger partial charge on any atom is -0.394 e. The molecular formula is C8H10FNO. The summed E-state index contributed by atoms with van der Waals surface area (Å²) in [6, 6.07) is 5.37. The van der Waals surface area contributed by atoms with Gasteiger partial charge in [0.25, 0.3) is 0 Å². The topological polar surface area (TPSA) is 46.2 Å². The molecule has 0 aliphatic carbocycles. The molecule has 1 aromatic carbocycles. The van der Waals surface area contributed by atoms with E-state index in [0.29, 0.717) is 0 Å². The highest BCUT2D eigenvalue weighted by Crippen LogP contribution is 2.09. The van der Waals surface area contributed by atoms with Crippen LogP contribution in [0, 0.1) is 5.82 Å².